The van der Waals surface area contributed by atoms with Crippen LogP contribution in [0, 0.1) is 0 Å². The second-order valence-corrected chi connectivity index (χ2v) is 6.80. The third-order valence-corrected chi connectivity index (χ3v) is 4.90. The van der Waals surface area contributed by atoms with Gasteiger partial charge >= 0.3 is 5.97 Å². The Balaban J connectivity index is 1.59. The summed E-state index contributed by atoms with van der Waals surface area (Å²) in [7, 11) is 4.57. The van der Waals surface area contributed by atoms with Crippen molar-refractivity contribution in [2.45, 2.75) is 0 Å². The number of Topliss-reactive ketones (excluding diaryl/α,β-unsaturated/α-hetero) is 1. The number of methoxy groups -OCH3 is 3. The average Bonchev–Trinajstić information content (AvgIpc) is 3.13. The van der Waals surface area contributed by atoms with E-state index in [1.54, 1.807) is 67.8 Å². The number of ether oxygens (including phenoxy) is 5. The molecule has 0 amide bonds. The molecule has 1 aliphatic heterocycles. The van der Waals surface area contributed by atoms with Gasteiger partial charge in [0.2, 0.25) is 5.78 Å². The summed E-state index contributed by atoms with van der Waals surface area (Å²) in [6, 6.07) is 16.6. The molecule has 0 fully saturated rings. The lowest BCUT2D eigenvalue weighted by Gasteiger charge is -2.09. The number of ketones is 1. The first-order valence-corrected chi connectivity index (χ1v) is 9.69. The fourth-order valence-corrected chi connectivity index (χ4v) is 3.30. The van der Waals surface area contributed by atoms with E-state index in [1.807, 2.05) is 0 Å². The van der Waals surface area contributed by atoms with Crippen LogP contribution in [0.3, 0.4) is 0 Å². The summed E-state index contributed by atoms with van der Waals surface area (Å²) in [5, 5.41) is 0. The van der Waals surface area contributed by atoms with Gasteiger partial charge in [-0.3, -0.25) is 4.79 Å². The van der Waals surface area contributed by atoms with Crippen molar-refractivity contribution in [3.05, 3.63) is 83.1 Å². The van der Waals surface area contributed by atoms with E-state index in [0.29, 0.717) is 34.1 Å². The van der Waals surface area contributed by atoms with Crippen LogP contribution >= 0.6 is 0 Å². The average molecular weight is 432 g/mol. The number of allylic oxidation sites excluding steroid dienone is 1. The van der Waals surface area contributed by atoms with Gasteiger partial charge in [0.25, 0.3) is 0 Å². The number of carbonyl (C=O) groups excluding carboxylic acids is 2. The third-order valence-electron chi connectivity index (χ3n) is 4.90. The van der Waals surface area contributed by atoms with Crippen LogP contribution in [-0.4, -0.2) is 33.1 Å². The second kappa shape index (κ2) is 8.85. The summed E-state index contributed by atoms with van der Waals surface area (Å²) in [6.45, 7) is 0. The Morgan fingerprint density at radius 3 is 2.34 bits per heavy atom. The first kappa shape index (κ1) is 21.0. The molecule has 0 spiro atoms. The van der Waals surface area contributed by atoms with Crippen LogP contribution in [-0.2, 0) is 0 Å². The van der Waals surface area contributed by atoms with Crippen LogP contribution in [0.4, 0.5) is 0 Å². The van der Waals surface area contributed by atoms with E-state index in [9.17, 15) is 9.59 Å². The van der Waals surface area contributed by atoms with Gasteiger partial charge in [-0.25, -0.2) is 4.79 Å². The zero-order valence-electron chi connectivity index (χ0n) is 17.7. The van der Waals surface area contributed by atoms with Gasteiger partial charge in [0.1, 0.15) is 34.3 Å². The van der Waals surface area contributed by atoms with E-state index in [2.05, 4.69) is 0 Å². The summed E-state index contributed by atoms with van der Waals surface area (Å²) in [5.41, 5.74) is 1.29. The fourth-order valence-electron chi connectivity index (χ4n) is 3.30. The van der Waals surface area contributed by atoms with Gasteiger partial charge in [-0.15, -0.1) is 0 Å². The molecule has 3 aromatic rings. The maximum atomic E-state index is 12.8. The minimum absolute atomic E-state index is 0.125. The summed E-state index contributed by atoms with van der Waals surface area (Å²) in [5.74, 6) is 1.39. The lowest BCUT2D eigenvalue weighted by Crippen LogP contribution is -2.10. The molecule has 3 aromatic carbocycles. The Hall–Kier alpha value is -4.26. The fraction of sp³-hybridized carbons (Fsp3) is 0.120. The number of rotatable bonds is 6. The van der Waals surface area contributed by atoms with Crippen molar-refractivity contribution in [2.75, 3.05) is 21.3 Å². The van der Waals surface area contributed by atoms with E-state index in [-0.39, 0.29) is 22.9 Å². The van der Waals surface area contributed by atoms with Crippen molar-refractivity contribution in [1.82, 2.24) is 0 Å². The highest BCUT2D eigenvalue weighted by Gasteiger charge is 2.28. The van der Waals surface area contributed by atoms with Crippen LogP contribution in [0.1, 0.15) is 26.3 Å². The quantitative estimate of drug-likeness (QED) is 0.321. The van der Waals surface area contributed by atoms with E-state index >= 15 is 0 Å². The molecule has 0 N–H and O–H groups in total. The number of esters is 1. The Bertz CT molecular complexity index is 1230. The van der Waals surface area contributed by atoms with Crippen molar-refractivity contribution < 1.29 is 33.3 Å². The molecule has 32 heavy (non-hydrogen) atoms. The van der Waals surface area contributed by atoms with E-state index in [4.69, 9.17) is 23.7 Å². The molecular formula is C25H20O7. The van der Waals surface area contributed by atoms with Gasteiger partial charge in [0.05, 0.1) is 26.9 Å². The van der Waals surface area contributed by atoms with E-state index in [1.165, 1.54) is 20.3 Å². The van der Waals surface area contributed by atoms with Gasteiger partial charge in [-0.2, -0.15) is 0 Å². The molecule has 1 aliphatic rings. The largest absolute Gasteiger partial charge is 0.497 e. The molecule has 0 unspecified atom stereocenters. The minimum Gasteiger partial charge on any atom is -0.497 e. The van der Waals surface area contributed by atoms with Crippen molar-refractivity contribution in [3.63, 3.8) is 0 Å². The second-order valence-electron chi connectivity index (χ2n) is 6.80. The number of benzene rings is 3. The molecule has 7 nitrogen and oxygen atoms in total. The molecule has 162 valence electrons. The van der Waals surface area contributed by atoms with Crippen LogP contribution in [0.5, 0.6) is 28.7 Å². The highest BCUT2D eigenvalue weighted by atomic mass is 16.5. The van der Waals surface area contributed by atoms with Gasteiger partial charge in [0.15, 0.2) is 5.76 Å². The SMILES string of the molecule is COc1ccc(OC)c(C=C2Oc3cc(OC(=O)c4ccccc4OC)ccc3C2=O)c1. The smallest absolute Gasteiger partial charge is 0.347 e. The lowest BCUT2D eigenvalue weighted by molar-refractivity contribution is 0.0731. The zero-order valence-corrected chi connectivity index (χ0v) is 17.7. The van der Waals surface area contributed by atoms with Crippen molar-refractivity contribution in [1.29, 1.82) is 0 Å². The molecule has 0 aliphatic carbocycles. The van der Waals surface area contributed by atoms with Gasteiger partial charge < -0.3 is 23.7 Å². The maximum Gasteiger partial charge on any atom is 0.347 e. The highest BCUT2D eigenvalue weighted by Crippen LogP contribution is 2.36. The van der Waals surface area contributed by atoms with Gasteiger partial charge in [-0.05, 0) is 48.5 Å². The molecule has 0 bridgehead atoms. The number of fused-ring (bicyclic) bond motifs is 1. The molecule has 0 aromatic heterocycles. The molecule has 0 radical (unpaired) electrons. The van der Waals surface area contributed by atoms with Crippen LogP contribution in [0.25, 0.3) is 6.08 Å². The van der Waals surface area contributed by atoms with Gasteiger partial charge in [-0.1, -0.05) is 12.1 Å². The van der Waals surface area contributed by atoms with Crippen LogP contribution in [0.2, 0.25) is 0 Å². The molecule has 0 saturated heterocycles. The highest BCUT2D eigenvalue weighted by molar-refractivity contribution is 6.14. The normalized spacial score (nSPS) is 13.3. The van der Waals surface area contributed by atoms with Crippen LogP contribution in [0.15, 0.2) is 66.4 Å². The summed E-state index contributed by atoms with van der Waals surface area (Å²) in [6.07, 6.45) is 1.59. The van der Waals surface area contributed by atoms with E-state index in [0.717, 1.165) is 0 Å². The molecule has 1 heterocycles. The molecule has 7 heteroatoms. The van der Waals surface area contributed by atoms with Gasteiger partial charge in [0, 0.05) is 11.6 Å². The molecule has 0 atom stereocenters. The third kappa shape index (κ3) is 4.00. The van der Waals surface area contributed by atoms with Crippen molar-refractivity contribution in [3.8, 4) is 28.7 Å². The van der Waals surface area contributed by atoms with E-state index < -0.39 is 5.97 Å². The number of carbonyl (C=O) groups is 2. The maximum absolute atomic E-state index is 12.8. The molecule has 0 saturated carbocycles. The predicted molar refractivity (Wildman–Crippen MR) is 117 cm³/mol. The first-order chi connectivity index (χ1) is 15.5. The molecule has 4 rings (SSSR count). The number of para-hydroxylation sites is 1. The summed E-state index contributed by atoms with van der Waals surface area (Å²) < 4.78 is 27.0. The Labute approximate surface area is 184 Å². The Kier molecular flexibility index (Phi) is 5.81. The number of hydrogen-bond donors (Lipinski definition) is 0. The Morgan fingerprint density at radius 1 is 0.844 bits per heavy atom. The first-order valence-electron chi connectivity index (χ1n) is 9.69. The van der Waals surface area contributed by atoms with Crippen molar-refractivity contribution in [2.24, 2.45) is 0 Å². The minimum atomic E-state index is -0.580. The zero-order chi connectivity index (χ0) is 22.7. The standard InChI is InChI=1S/C25H20O7/c1-28-16-9-11-20(29-2)15(12-16)13-23-24(26)18-10-8-17(14-22(18)32-23)31-25(27)19-6-4-5-7-21(19)30-3/h4-14H,1-3H3. The topological polar surface area (TPSA) is 80.3 Å². The molecular weight excluding hydrogens is 412 g/mol. The Morgan fingerprint density at radius 2 is 1.59 bits per heavy atom. The summed E-state index contributed by atoms with van der Waals surface area (Å²) in [4.78, 5) is 25.4. The lowest BCUT2D eigenvalue weighted by atomic mass is 10.1. The predicted octanol–water partition coefficient (Wildman–Crippen LogP) is 4.55. The monoisotopic (exact) mass is 432 g/mol. The van der Waals surface area contributed by atoms with Crippen LogP contribution < -0.4 is 23.7 Å². The summed E-state index contributed by atoms with van der Waals surface area (Å²) >= 11 is 0. The number of hydrogen-bond acceptors (Lipinski definition) is 7. The van der Waals surface area contributed by atoms with Crippen molar-refractivity contribution >= 4 is 17.8 Å².